The molecule has 24 heavy (non-hydrogen) atoms. The van der Waals surface area contributed by atoms with Gasteiger partial charge in [0.15, 0.2) is 5.16 Å². The highest BCUT2D eigenvalue weighted by molar-refractivity contribution is 7.98. The van der Waals surface area contributed by atoms with Crippen LogP contribution in [0.4, 0.5) is 11.6 Å². The van der Waals surface area contributed by atoms with Gasteiger partial charge >= 0.3 is 0 Å². The van der Waals surface area contributed by atoms with Gasteiger partial charge < -0.3 is 15.2 Å². The predicted molar refractivity (Wildman–Crippen MR) is 97.4 cm³/mol. The van der Waals surface area contributed by atoms with Crippen molar-refractivity contribution in [1.82, 2.24) is 19.5 Å². The van der Waals surface area contributed by atoms with Gasteiger partial charge in [0, 0.05) is 44.0 Å². The summed E-state index contributed by atoms with van der Waals surface area (Å²) in [6.07, 6.45) is 11.1. The molecule has 3 heterocycles. The zero-order valence-corrected chi connectivity index (χ0v) is 14.9. The van der Waals surface area contributed by atoms with Crippen LogP contribution in [0.15, 0.2) is 23.6 Å². The zero-order chi connectivity index (χ0) is 16.5. The summed E-state index contributed by atoms with van der Waals surface area (Å²) in [6.45, 7) is 3.10. The summed E-state index contributed by atoms with van der Waals surface area (Å²) >= 11 is 1.53. The molecular formula is C17H24N6S. The van der Waals surface area contributed by atoms with Gasteiger partial charge in [-0.05, 0) is 37.9 Å². The fourth-order valence-corrected chi connectivity index (χ4v) is 3.87. The molecule has 2 aromatic heterocycles. The van der Waals surface area contributed by atoms with Gasteiger partial charge in [0.2, 0.25) is 0 Å². The molecule has 2 aromatic rings. The summed E-state index contributed by atoms with van der Waals surface area (Å²) in [7, 11) is 0. The number of piperidine rings is 1. The van der Waals surface area contributed by atoms with E-state index < -0.39 is 0 Å². The summed E-state index contributed by atoms with van der Waals surface area (Å²) in [5.41, 5.74) is 5.95. The van der Waals surface area contributed by atoms with Gasteiger partial charge in [0.1, 0.15) is 17.5 Å². The molecule has 0 aromatic carbocycles. The molecule has 1 unspecified atom stereocenters. The second-order valence-electron chi connectivity index (χ2n) is 6.80. The summed E-state index contributed by atoms with van der Waals surface area (Å²) < 4.78 is 2.37. The van der Waals surface area contributed by atoms with Crippen molar-refractivity contribution < 1.29 is 0 Å². The van der Waals surface area contributed by atoms with Gasteiger partial charge in [-0.25, -0.2) is 15.0 Å². The van der Waals surface area contributed by atoms with Crippen LogP contribution >= 0.6 is 11.8 Å². The highest BCUT2D eigenvalue weighted by Gasteiger charge is 2.28. The highest BCUT2D eigenvalue weighted by Crippen LogP contribution is 2.34. The quantitative estimate of drug-likeness (QED) is 0.664. The normalized spacial score (nSPS) is 21.2. The lowest BCUT2D eigenvalue weighted by molar-refractivity contribution is 0.461. The lowest BCUT2D eigenvalue weighted by Crippen LogP contribution is -2.36. The molecule has 0 bridgehead atoms. The standard InChI is InChI=1S/C17H24N6S/c1-24-17-20-14(18)9-15(21-17)22-7-2-3-13(11-22)16-19-6-8-23(16)10-12-4-5-12/h6,8-9,12-13H,2-5,7,10-11H2,1H3,(H2,18,20,21). The molecule has 0 amide bonds. The summed E-state index contributed by atoms with van der Waals surface area (Å²) in [5.74, 6) is 4.04. The van der Waals surface area contributed by atoms with Crippen molar-refractivity contribution in [3.8, 4) is 0 Å². The Kier molecular flexibility index (Phi) is 4.35. The second-order valence-corrected chi connectivity index (χ2v) is 7.58. The fourth-order valence-electron chi connectivity index (χ4n) is 3.49. The molecule has 0 radical (unpaired) electrons. The second kappa shape index (κ2) is 6.63. The fraction of sp³-hybridized carbons (Fsp3) is 0.588. The summed E-state index contributed by atoms with van der Waals surface area (Å²) in [4.78, 5) is 15.9. The van der Waals surface area contributed by atoms with E-state index in [9.17, 15) is 0 Å². The Balaban J connectivity index is 1.53. The smallest absolute Gasteiger partial charge is 0.191 e. The molecule has 1 saturated carbocycles. The van der Waals surface area contributed by atoms with E-state index in [2.05, 4.69) is 30.6 Å². The predicted octanol–water partition coefficient (Wildman–Crippen LogP) is 2.77. The van der Waals surface area contributed by atoms with E-state index in [1.807, 2.05) is 18.5 Å². The van der Waals surface area contributed by atoms with Gasteiger partial charge in [-0.15, -0.1) is 0 Å². The first-order valence-electron chi connectivity index (χ1n) is 8.67. The van der Waals surface area contributed by atoms with Gasteiger partial charge in [-0.3, -0.25) is 0 Å². The largest absolute Gasteiger partial charge is 0.383 e. The Bertz CT molecular complexity index is 711. The number of thioether (sulfide) groups is 1. The van der Waals surface area contributed by atoms with Crippen molar-refractivity contribution in [2.75, 3.05) is 30.0 Å². The molecule has 2 aliphatic rings. The molecular weight excluding hydrogens is 320 g/mol. The number of nitrogen functional groups attached to an aromatic ring is 1. The molecule has 4 rings (SSSR count). The number of anilines is 2. The van der Waals surface area contributed by atoms with Crippen LogP contribution in [0, 0.1) is 5.92 Å². The maximum absolute atomic E-state index is 5.95. The number of hydrogen-bond donors (Lipinski definition) is 1. The maximum atomic E-state index is 5.95. The van der Waals surface area contributed by atoms with Gasteiger partial charge in [0.25, 0.3) is 0 Å². The van der Waals surface area contributed by atoms with E-state index in [-0.39, 0.29) is 0 Å². The molecule has 0 spiro atoms. The van der Waals surface area contributed by atoms with Crippen molar-refractivity contribution >= 4 is 23.4 Å². The van der Waals surface area contributed by atoms with Crippen LogP contribution in [-0.4, -0.2) is 38.9 Å². The molecule has 128 valence electrons. The average molecular weight is 344 g/mol. The topological polar surface area (TPSA) is 72.9 Å². The van der Waals surface area contributed by atoms with Crippen LogP contribution in [0.5, 0.6) is 0 Å². The molecule has 6 nitrogen and oxygen atoms in total. The van der Waals surface area contributed by atoms with E-state index in [0.29, 0.717) is 11.7 Å². The Morgan fingerprint density at radius 2 is 2.17 bits per heavy atom. The first-order valence-corrected chi connectivity index (χ1v) is 9.90. The van der Waals surface area contributed by atoms with Crippen molar-refractivity contribution in [2.45, 2.75) is 43.3 Å². The van der Waals surface area contributed by atoms with E-state index in [1.165, 1.54) is 36.8 Å². The Labute approximate surface area is 146 Å². The lowest BCUT2D eigenvalue weighted by Gasteiger charge is -2.33. The van der Waals surface area contributed by atoms with Crippen LogP contribution in [-0.2, 0) is 6.54 Å². The van der Waals surface area contributed by atoms with E-state index in [0.717, 1.165) is 42.9 Å². The number of aromatic nitrogens is 4. The SMILES string of the molecule is CSc1nc(N)cc(N2CCCC(c3nccn3CC3CC3)C2)n1. The molecule has 1 saturated heterocycles. The Hall–Kier alpha value is -1.76. The average Bonchev–Trinajstić information content (AvgIpc) is 3.29. The van der Waals surface area contributed by atoms with Crippen LogP contribution in [0.2, 0.25) is 0 Å². The van der Waals surface area contributed by atoms with Crippen molar-refractivity contribution in [1.29, 1.82) is 0 Å². The lowest BCUT2D eigenvalue weighted by atomic mass is 9.97. The minimum Gasteiger partial charge on any atom is -0.383 e. The van der Waals surface area contributed by atoms with E-state index >= 15 is 0 Å². The first kappa shape index (κ1) is 15.7. The van der Waals surface area contributed by atoms with Crippen LogP contribution in [0.25, 0.3) is 0 Å². The maximum Gasteiger partial charge on any atom is 0.191 e. The van der Waals surface area contributed by atoms with Crippen molar-refractivity contribution in [3.05, 3.63) is 24.3 Å². The van der Waals surface area contributed by atoms with Crippen molar-refractivity contribution in [2.24, 2.45) is 5.92 Å². The monoisotopic (exact) mass is 344 g/mol. The number of nitrogens with zero attached hydrogens (tertiary/aromatic N) is 5. The molecule has 1 atom stereocenters. The Morgan fingerprint density at radius 1 is 1.29 bits per heavy atom. The third kappa shape index (κ3) is 3.36. The van der Waals surface area contributed by atoms with Crippen LogP contribution < -0.4 is 10.6 Å². The number of nitrogens with two attached hydrogens (primary N) is 1. The summed E-state index contributed by atoms with van der Waals surface area (Å²) in [5, 5.41) is 0.738. The van der Waals surface area contributed by atoms with Crippen molar-refractivity contribution in [3.63, 3.8) is 0 Å². The third-order valence-corrected chi connectivity index (χ3v) is 5.45. The molecule has 1 aliphatic heterocycles. The number of imidazole rings is 1. The third-order valence-electron chi connectivity index (χ3n) is 4.90. The summed E-state index contributed by atoms with van der Waals surface area (Å²) in [6, 6.07) is 1.89. The minimum atomic E-state index is 0.460. The van der Waals surface area contributed by atoms with Crippen LogP contribution in [0.1, 0.15) is 37.4 Å². The van der Waals surface area contributed by atoms with Gasteiger partial charge in [-0.1, -0.05) is 11.8 Å². The molecule has 7 heteroatoms. The van der Waals surface area contributed by atoms with Gasteiger partial charge in [0.05, 0.1) is 0 Å². The number of hydrogen-bond acceptors (Lipinski definition) is 6. The molecule has 2 N–H and O–H groups in total. The molecule has 1 aliphatic carbocycles. The van der Waals surface area contributed by atoms with E-state index in [1.54, 1.807) is 0 Å². The zero-order valence-electron chi connectivity index (χ0n) is 14.1. The highest BCUT2D eigenvalue weighted by atomic mass is 32.2. The van der Waals surface area contributed by atoms with E-state index in [4.69, 9.17) is 5.73 Å². The number of rotatable bonds is 5. The minimum absolute atomic E-state index is 0.460. The molecule has 2 fully saturated rings. The first-order chi connectivity index (χ1) is 11.7. The Morgan fingerprint density at radius 3 is 2.96 bits per heavy atom. The van der Waals surface area contributed by atoms with Crippen LogP contribution in [0.3, 0.4) is 0 Å². The van der Waals surface area contributed by atoms with Gasteiger partial charge in [-0.2, -0.15) is 0 Å².